The molecule has 4 rings (SSSR count). The van der Waals surface area contributed by atoms with E-state index < -0.39 is 0 Å². The van der Waals surface area contributed by atoms with Crippen molar-refractivity contribution in [3.8, 4) is 5.75 Å². The van der Waals surface area contributed by atoms with E-state index >= 15 is 0 Å². The number of hydrogen-bond donors (Lipinski definition) is 0. The molecule has 0 aromatic heterocycles. The van der Waals surface area contributed by atoms with E-state index in [2.05, 4.69) is 37.3 Å². The van der Waals surface area contributed by atoms with Gasteiger partial charge in [-0.3, -0.25) is 4.79 Å². The zero-order valence-corrected chi connectivity index (χ0v) is 12.8. The van der Waals surface area contributed by atoms with Gasteiger partial charge in [0.1, 0.15) is 11.5 Å². The molecule has 4 atom stereocenters. The highest BCUT2D eigenvalue weighted by Crippen LogP contribution is 2.58. The monoisotopic (exact) mass is 282 g/mol. The van der Waals surface area contributed by atoms with Gasteiger partial charge in [0, 0.05) is 11.8 Å². The minimum absolute atomic E-state index is 0.0600. The van der Waals surface area contributed by atoms with Gasteiger partial charge in [0.2, 0.25) is 0 Å². The molecule has 0 amide bonds. The van der Waals surface area contributed by atoms with E-state index in [0.717, 1.165) is 31.4 Å². The van der Waals surface area contributed by atoms with Crippen LogP contribution in [-0.4, -0.2) is 12.9 Å². The van der Waals surface area contributed by atoms with Gasteiger partial charge in [0.05, 0.1) is 7.11 Å². The Morgan fingerprint density at radius 1 is 1.29 bits per heavy atom. The van der Waals surface area contributed by atoms with Gasteiger partial charge in [-0.1, -0.05) is 25.1 Å². The summed E-state index contributed by atoms with van der Waals surface area (Å²) in [7, 11) is 1.72. The van der Waals surface area contributed by atoms with Crippen LogP contribution in [0.2, 0.25) is 0 Å². The molecule has 1 aromatic rings. The number of ether oxygens (including phenoxy) is 1. The molecule has 0 heterocycles. The van der Waals surface area contributed by atoms with Gasteiger partial charge in [-0.25, -0.2) is 0 Å². The lowest BCUT2D eigenvalue weighted by Crippen LogP contribution is -2.40. The van der Waals surface area contributed by atoms with E-state index in [1.54, 1.807) is 7.11 Å². The molecule has 0 saturated heterocycles. The molecule has 4 unspecified atom stereocenters. The van der Waals surface area contributed by atoms with E-state index in [9.17, 15) is 4.79 Å². The van der Waals surface area contributed by atoms with Crippen LogP contribution >= 0.6 is 0 Å². The number of hydrogen-bond acceptors (Lipinski definition) is 2. The first kappa shape index (κ1) is 13.1. The molecule has 1 aromatic carbocycles. The molecule has 110 valence electrons. The molecule has 2 saturated carbocycles. The van der Waals surface area contributed by atoms with Crippen LogP contribution in [0.3, 0.4) is 0 Å². The van der Waals surface area contributed by atoms with Gasteiger partial charge in [-0.05, 0) is 60.3 Å². The van der Waals surface area contributed by atoms with Gasteiger partial charge in [0.25, 0.3) is 0 Å². The first-order valence-corrected chi connectivity index (χ1v) is 8.03. The van der Waals surface area contributed by atoms with Crippen molar-refractivity contribution in [3.05, 3.63) is 35.4 Å². The molecule has 0 aliphatic heterocycles. The van der Waals surface area contributed by atoms with E-state index in [1.165, 1.54) is 11.1 Å². The number of carbonyl (C=O) groups excluding carboxylic acids is 1. The van der Waals surface area contributed by atoms with Crippen molar-refractivity contribution in [3.63, 3.8) is 0 Å². The molecule has 3 aliphatic carbocycles. The highest BCUT2D eigenvalue weighted by Gasteiger charge is 2.53. The van der Waals surface area contributed by atoms with Crippen molar-refractivity contribution >= 4 is 11.9 Å². The zero-order chi connectivity index (χ0) is 14.6. The van der Waals surface area contributed by atoms with Crippen LogP contribution in [0.5, 0.6) is 5.75 Å². The Morgan fingerprint density at radius 3 is 2.95 bits per heavy atom. The maximum absolute atomic E-state index is 12.3. The van der Waals surface area contributed by atoms with Crippen molar-refractivity contribution in [1.82, 2.24) is 0 Å². The summed E-state index contributed by atoms with van der Waals surface area (Å²) in [5.74, 6) is 3.08. The van der Waals surface area contributed by atoms with Crippen LogP contribution < -0.4 is 4.74 Å². The summed E-state index contributed by atoms with van der Waals surface area (Å²) in [5.41, 5.74) is 2.68. The van der Waals surface area contributed by atoms with Gasteiger partial charge in [-0.2, -0.15) is 0 Å². The fraction of sp³-hybridized carbons (Fsp3) is 0.526. The predicted molar refractivity (Wildman–Crippen MR) is 83.3 cm³/mol. The Kier molecular flexibility index (Phi) is 2.79. The number of fused-ring (bicyclic) bond motifs is 5. The molecule has 2 nitrogen and oxygen atoms in total. The van der Waals surface area contributed by atoms with Gasteiger partial charge >= 0.3 is 0 Å². The summed E-state index contributed by atoms with van der Waals surface area (Å²) in [6.07, 6.45) is 8.66. The predicted octanol–water partition coefficient (Wildman–Crippen LogP) is 4.20. The smallest absolute Gasteiger partial charge is 0.139 e. The van der Waals surface area contributed by atoms with Gasteiger partial charge in [0.15, 0.2) is 0 Å². The molecule has 0 spiro atoms. The van der Waals surface area contributed by atoms with E-state index in [1.807, 2.05) is 0 Å². The molecule has 2 fully saturated rings. The highest BCUT2D eigenvalue weighted by molar-refractivity contribution is 5.87. The summed E-state index contributed by atoms with van der Waals surface area (Å²) in [5, 5.41) is 0. The van der Waals surface area contributed by atoms with Crippen molar-refractivity contribution in [1.29, 1.82) is 0 Å². The highest BCUT2D eigenvalue weighted by atomic mass is 16.5. The number of methoxy groups -OCH3 is 1. The number of allylic oxidation sites excluding steroid dienone is 1. The van der Waals surface area contributed by atoms with Crippen LogP contribution in [0.25, 0.3) is 6.08 Å². The van der Waals surface area contributed by atoms with E-state index in [0.29, 0.717) is 23.5 Å². The third kappa shape index (κ3) is 1.74. The lowest BCUT2D eigenvalue weighted by Gasteiger charge is -2.46. The third-order valence-electron chi connectivity index (χ3n) is 6.23. The summed E-state index contributed by atoms with van der Waals surface area (Å²) in [4.78, 5) is 12.3. The SMILES string of the molecule is COc1ccc2c(c1)C=CC1C2CCC2(C)C(=O)CCC12. The number of ketones is 1. The van der Waals surface area contributed by atoms with Crippen molar-refractivity contribution in [2.75, 3.05) is 7.11 Å². The third-order valence-corrected chi connectivity index (χ3v) is 6.23. The van der Waals surface area contributed by atoms with Crippen LogP contribution in [-0.2, 0) is 4.79 Å². The van der Waals surface area contributed by atoms with Crippen molar-refractivity contribution < 1.29 is 9.53 Å². The molecule has 21 heavy (non-hydrogen) atoms. The van der Waals surface area contributed by atoms with Crippen LogP contribution in [0.15, 0.2) is 24.3 Å². The number of carbonyl (C=O) groups is 1. The second kappa shape index (κ2) is 4.46. The molecule has 0 radical (unpaired) electrons. The van der Waals surface area contributed by atoms with Crippen molar-refractivity contribution in [2.24, 2.45) is 17.3 Å². The second-order valence-electron chi connectivity index (χ2n) is 7.06. The Balaban J connectivity index is 1.74. The summed E-state index contributed by atoms with van der Waals surface area (Å²) in [6.45, 7) is 2.21. The number of rotatable bonds is 1. The Morgan fingerprint density at radius 2 is 2.14 bits per heavy atom. The van der Waals surface area contributed by atoms with Crippen LogP contribution in [0, 0.1) is 17.3 Å². The molecule has 2 heteroatoms. The molecule has 0 bridgehead atoms. The quantitative estimate of drug-likeness (QED) is 0.771. The average Bonchev–Trinajstić information content (AvgIpc) is 2.82. The zero-order valence-electron chi connectivity index (χ0n) is 12.8. The van der Waals surface area contributed by atoms with E-state index in [4.69, 9.17) is 4.74 Å². The Bertz CT molecular complexity index is 630. The fourth-order valence-electron chi connectivity index (χ4n) is 4.98. The number of Topliss-reactive ketones (excluding diaryl/α,β-unsaturated/α-hetero) is 1. The summed E-state index contributed by atoms with van der Waals surface area (Å²) in [6, 6.07) is 6.44. The van der Waals surface area contributed by atoms with Crippen molar-refractivity contribution in [2.45, 2.75) is 38.5 Å². The minimum atomic E-state index is -0.0600. The normalized spacial score (nSPS) is 36.9. The fourth-order valence-corrected chi connectivity index (χ4v) is 4.98. The second-order valence-corrected chi connectivity index (χ2v) is 7.06. The lowest BCUT2D eigenvalue weighted by molar-refractivity contribution is -0.128. The first-order chi connectivity index (χ1) is 10.1. The lowest BCUT2D eigenvalue weighted by atomic mass is 9.57. The van der Waals surface area contributed by atoms with Crippen LogP contribution in [0.4, 0.5) is 0 Å². The summed E-state index contributed by atoms with van der Waals surface area (Å²) < 4.78 is 5.34. The molecular weight excluding hydrogens is 260 g/mol. The molecular formula is C19H22O2. The summed E-state index contributed by atoms with van der Waals surface area (Å²) >= 11 is 0. The molecule has 0 N–H and O–H groups in total. The first-order valence-electron chi connectivity index (χ1n) is 8.03. The standard InChI is InChI=1S/C19H22O2/c1-19-10-9-15-14-6-4-13(21-2)11-12(14)3-5-16(15)17(19)7-8-18(19)20/h3-6,11,15-17H,7-10H2,1-2H3. The Hall–Kier alpha value is -1.57. The molecule has 3 aliphatic rings. The minimum Gasteiger partial charge on any atom is -0.497 e. The average molecular weight is 282 g/mol. The van der Waals surface area contributed by atoms with Crippen LogP contribution in [0.1, 0.15) is 49.7 Å². The Labute approximate surface area is 126 Å². The largest absolute Gasteiger partial charge is 0.497 e. The van der Waals surface area contributed by atoms with E-state index in [-0.39, 0.29) is 5.41 Å². The van der Waals surface area contributed by atoms with Gasteiger partial charge < -0.3 is 4.74 Å². The maximum Gasteiger partial charge on any atom is 0.139 e. The van der Waals surface area contributed by atoms with Gasteiger partial charge in [-0.15, -0.1) is 0 Å². The topological polar surface area (TPSA) is 26.3 Å². The maximum atomic E-state index is 12.3. The number of benzene rings is 1.